The summed E-state index contributed by atoms with van der Waals surface area (Å²) < 4.78 is 13.9. The molecule has 1 aromatic heterocycles. The molecule has 11 nitrogen and oxygen atoms in total. The molecule has 0 aliphatic heterocycles. The average Bonchev–Trinajstić information content (AvgIpc) is 3.36. The highest BCUT2D eigenvalue weighted by Gasteiger charge is 2.38. The minimum Gasteiger partial charge on any atom is -0.483 e. The number of benzene rings is 1. The fraction of sp³-hybridized carbons (Fsp3) is 0.474. The Morgan fingerprint density at radius 2 is 2.10 bits per heavy atom. The monoisotopic (exact) mass is 436 g/mol. The van der Waals surface area contributed by atoms with Crippen molar-refractivity contribution in [1.82, 2.24) is 31.3 Å². The number of aromatic amines is 1. The van der Waals surface area contributed by atoms with Gasteiger partial charge in [-0.2, -0.15) is 5.21 Å². The number of hydrogen-bond donors (Lipinski definition) is 5. The first kappa shape index (κ1) is 23.9. The van der Waals surface area contributed by atoms with Gasteiger partial charge in [0.05, 0.1) is 17.7 Å². The number of carboxylic acid groups (broad SMARTS) is 1. The number of aliphatic hydroxyl groups excluding tert-OH is 1. The number of nitrogens with one attached hydrogen (secondary N) is 3. The van der Waals surface area contributed by atoms with Crippen molar-refractivity contribution in [3.63, 3.8) is 0 Å². The number of hydrogen-bond acceptors (Lipinski definition) is 7. The molecule has 3 atom stereocenters. The summed E-state index contributed by atoms with van der Waals surface area (Å²) in [6, 6.07) is 3.80. The van der Waals surface area contributed by atoms with E-state index in [2.05, 4.69) is 31.3 Å². The van der Waals surface area contributed by atoms with Gasteiger partial charge >= 0.3 is 0 Å². The molecule has 1 saturated carbocycles. The molecule has 1 aliphatic rings. The summed E-state index contributed by atoms with van der Waals surface area (Å²) in [6.45, 7) is 1.85. The molecular formula is C19H25FN6O5. The molecule has 168 valence electrons. The Kier molecular flexibility index (Phi) is 9.00. The second kappa shape index (κ2) is 11.7. The first-order chi connectivity index (χ1) is 14.9. The van der Waals surface area contributed by atoms with Crippen LogP contribution in [-0.4, -0.2) is 67.8 Å². The van der Waals surface area contributed by atoms with E-state index >= 15 is 0 Å². The standard InChI is InChI=1S/C18H23FN6O3.CH2O2/c1-10-4-2-5-12(19)16(10)18(28)21-13-8-11(9-14(13)26)17(27)20-7-3-6-15-22-24-25-23-15;2-1-3/h2,4-5,11,13-14,26H,3,6-9H2,1H3,(H,20,27)(H,21,28)(H,22,23,24,25);1H,(H,2,3)/t11-,13-,14-;/m0./s1. The van der Waals surface area contributed by atoms with Crippen LogP contribution in [0.2, 0.25) is 0 Å². The zero-order valence-corrected chi connectivity index (χ0v) is 16.9. The quantitative estimate of drug-likeness (QED) is 0.297. The van der Waals surface area contributed by atoms with Crippen molar-refractivity contribution in [2.24, 2.45) is 5.92 Å². The third-order valence-corrected chi connectivity index (χ3v) is 4.93. The molecular weight excluding hydrogens is 411 g/mol. The van der Waals surface area contributed by atoms with E-state index < -0.39 is 29.8 Å². The fourth-order valence-corrected chi connectivity index (χ4v) is 3.44. The van der Waals surface area contributed by atoms with Crippen molar-refractivity contribution in [2.75, 3.05) is 6.54 Å². The number of rotatable bonds is 7. The van der Waals surface area contributed by atoms with Gasteiger partial charge in [-0.3, -0.25) is 14.4 Å². The summed E-state index contributed by atoms with van der Waals surface area (Å²) in [6.07, 6.45) is 0.943. The van der Waals surface area contributed by atoms with Gasteiger partial charge in [-0.05, 0) is 37.8 Å². The maximum atomic E-state index is 13.9. The lowest BCUT2D eigenvalue weighted by Crippen LogP contribution is -2.40. The number of aryl methyl sites for hydroxylation is 2. The van der Waals surface area contributed by atoms with Crippen molar-refractivity contribution in [1.29, 1.82) is 0 Å². The first-order valence-electron chi connectivity index (χ1n) is 9.69. The van der Waals surface area contributed by atoms with Crippen LogP contribution in [0.25, 0.3) is 0 Å². The third kappa shape index (κ3) is 6.81. The summed E-state index contributed by atoms with van der Waals surface area (Å²) in [5.74, 6) is -1.20. The van der Waals surface area contributed by atoms with Gasteiger partial charge in [-0.15, -0.1) is 10.2 Å². The van der Waals surface area contributed by atoms with E-state index in [1.54, 1.807) is 13.0 Å². The minimum absolute atomic E-state index is 0.0379. The number of halogens is 1. The molecule has 0 spiro atoms. The highest BCUT2D eigenvalue weighted by atomic mass is 19.1. The van der Waals surface area contributed by atoms with Gasteiger partial charge in [-0.1, -0.05) is 17.3 Å². The van der Waals surface area contributed by atoms with Crippen LogP contribution in [0.5, 0.6) is 0 Å². The van der Waals surface area contributed by atoms with Crippen molar-refractivity contribution in [3.05, 3.63) is 41.0 Å². The molecule has 0 bridgehead atoms. The minimum atomic E-state index is -0.855. The van der Waals surface area contributed by atoms with Gasteiger partial charge in [0.2, 0.25) is 5.91 Å². The van der Waals surface area contributed by atoms with Crippen molar-refractivity contribution >= 4 is 18.3 Å². The molecule has 12 heteroatoms. The summed E-state index contributed by atoms with van der Waals surface area (Å²) in [4.78, 5) is 33.1. The SMILES string of the molecule is Cc1cccc(F)c1C(=O)N[C@H]1C[C@H](C(=O)NCCCc2nn[nH]n2)C[C@@H]1O.O=CO. The summed E-state index contributed by atoms with van der Waals surface area (Å²) in [5, 5.41) is 36.1. The third-order valence-electron chi connectivity index (χ3n) is 4.93. The van der Waals surface area contributed by atoms with E-state index in [0.717, 1.165) is 0 Å². The second-order valence-corrected chi connectivity index (χ2v) is 7.08. The van der Waals surface area contributed by atoms with E-state index in [0.29, 0.717) is 37.2 Å². The Bertz CT molecular complexity index is 858. The van der Waals surface area contributed by atoms with Crippen LogP contribution >= 0.6 is 0 Å². The number of carbonyl (C=O) groups excluding carboxylic acids is 2. The largest absolute Gasteiger partial charge is 0.483 e. The van der Waals surface area contributed by atoms with Crippen molar-refractivity contribution in [3.8, 4) is 0 Å². The number of amides is 2. The van der Waals surface area contributed by atoms with E-state index in [9.17, 15) is 19.1 Å². The first-order valence-corrected chi connectivity index (χ1v) is 9.69. The number of carbonyl (C=O) groups is 3. The normalized spacial score (nSPS) is 19.8. The molecule has 1 heterocycles. The number of aliphatic hydroxyl groups is 1. The van der Waals surface area contributed by atoms with Crippen LogP contribution in [0.4, 0.5) is 4.39 Å². The molecule has 0 radical (unpaired) electrons. The molecule has 5 N–H and O–H groups in total. The lowest BCUT2D eigenvalue weighted by molar-refractivity contribution is -0.125. The molecule has 0 saturated heterocycles. The maximum Gasteiger partial charge on any atom is 0.290 e. The Morgan fingerprint density at radius 3 is 2.74 bits per heavy atom. The van der Waals surface area contributed by atoms with E-state index in [4.69, 9.17) is 9.90 Å². The van der Waals surface area contributed by atoms with E-state index in [1.165, 1.54) is 12.1 Å². The fourth-order valence-electron chi connectivity index (χ4n) is 3.44. The van der Waals surface area contributed by atoms with Gasteiger partial charge in [0, 0.05) is 18.9 Å². The van der Waals surface area contributed by atoms with Crippen molar-refractivity contribution in [2.45, 2.75) is 44.8 Å². The van der Waals surface area contributed by atoms with E-state index in [1.807, 2.05) is 0 Å². The smallest absolute Gasteiger partial charge is 0.290 e. The molecule has 1 aromatic carbocycles. The predicted molar refractivity (Wildman–Crippen MR) is 105 cm³/mol. The lowest BCUT2D eigenvalue weighted by Gasteiger charge is -2.17. The molecule has 2 aromatic rings. The average molecular weight is 436 g/mol. The highest BCUT2D eigenvalue weighted by Crippen LogP contribution is 2.27. The van der Waals surface area contributed by atoms with Crippen LogP contribution in [-0.2, 0) is 16.0 Å². The Morgan fingerprint density at radius 1 is 1.35 bits per heavy atom. The van der Waals surface area contributed by atoms with Crippen LogP contribution < -0.4 is 10.6 Å². The zero-order valence-electron chi connectivity index (χ0n) is 16.9. The molecule has 3 rings (SSSR count). The summed E-state index contributed by atoms with van der Waals surface area (Å²) in [5.41, 5.74) is 0.477. The Balaban J connectivity index is 0.00000107. The number of nitrogens with zero attached hydrogens (tertiary/aromatic N) is 3. The van der Waals surface area contributed by atoms with Crippen LogP contribution in [0.1, 0.15) is 41.0 Å². The number of H-pyrrole nitrogens is 1. The molecule has 1 aliphatic carbocycles. The van der Waals surface area contributed by atoms with Gasteiger partial charge in [0.15, 0.2) is 5.82 Å². The second-order valence-electron chi connectivity index (χ2n) is 7.08. The van der Waals surface area contributed by atoms with Crippen LogP contribution in [0, 0.1) is 18.7 Å². The molecule has 1 fully saturated rings. The van der Waals surface area contributed by atoms with Crippen LogP contribution in [0.3, 0.4) is 0 Å². The topological polar surface area (TPSA) is 170 Å². The van der Waals surface area contributed by atoms with Gasteiger partial charge in [-0.25, -0.2) is 4.39 Å². The zero-order chi connectivity index (χ0) is 22.8. The number of tetrazole rings is 1. The van der Waals surface area contributed by atoms with Gasteiger partial charge in [0.25, 0.3) is 12.4 Å². The summed E-state index contributed by atoms with van der Waals surface area (Å²) in [7, 11) is 0. The highest BCUT2D eigenvalue weighted by molar-refractivity contribution is 5.96. The predicted octanol–water partition coefficient (Wildman–Crippen LogP) is -0.0337. The molecule has 2 amide bonds. The Labute approximate surface area is 177 Å². The Hall–Kier alpha value is -3.41. The van der Waals surface area contributed by atoms with Crippen molar-refractivity contribution < 1.29 is 29.0 Å². The number of aromatic nitrogens is 4. The van der Waals surface area contributed by atoms with Gasteiger partial charge < -0.3 is 20.8 Å². The lowest BCUT2D eigenvalue weighted by atomic mass is 10.1. The molecule has 31 heavy (non-hydrogen) atoms. The van der Waals surface area contributed by atoms with Crippen LogP contribution in [0.15, 0.2) is 18.2 Å². The summed E-state index contributed by atoms with van der Waals surface area (Å²) >= 11 is 0. The van der Waals surface area contributed by atoms with Gasteiger partial charge in [0.1, 0.15) is 5.82 Å². The molecule has 0 unspecified atom stereocenters. The van der Waals surface area contributed by atoms with E-state index in [-0.39, 0.29) is 24.4 Å². The maximum absolute atomic E-state index is 13.9.